The number of rotatable bonds is 2. The minimum absolute atomic E-state index is 0.00844. The van der Waals surface area contributed by atoms with Gasteiger partial charge in [-0.05, 0) is 56.2 Å². The van der Waals surface area contributed by atoms with Gasteiger partial charge in [-0.2, -0.15) is 0 Å². The molecule has 3 saturated heterocycles. The molecule has 0 aromatic rings. The van der Waals surface area contributed by atoms with Gasteiger partial charge in [0, 0.05) is 17.8 Å². The van der Waals surface area contributed by atoms with Gasteiger partial charge in [-0.3, -0.25) is 4.79 Å². The molecule has 2 spiro atoms. The van der Waals surface area contributed by atoms with Gasteiger partial charge in [-0.25, -0.2) is 0 Å². The van der Waals surface area contributed by atoms with Crippen LogP contribution in [0.2, 0.25) is 18.1 Å². The summed E-state index contributed by atoms with van der Waals surface area (Å²) in [5.74, 6) is 1.16. The van der Waals surface area contributed by atoms with Crippen LogP contribution in [0.3, 0.4) is 0 Å². The molecule has 0 radical (unpaired) electrons. The van der Waals surface area contributed by atoms with E-state index < -0.39 is 24.9 Å². The van der Waals surface area contributed by atoms with Gasteiger partial charge in [0.05, 0.1) is 17.6 Å². The Bertz CT molecular complexity index is 874. The Hall–Kier alpha value is -0.693. The molecule has 172 valence electrons. The van der Waals surface area contributed by atoms with E-state index in [0.717, 1.165) is 19.3 Å². The molecule has 3 aliphatic carbocycles. The molecule has 1 N–H and O–H groups in total. The monoisotopic (exact) mass is 446 g/mol. The van der Waals surface area contributed by atoms with Crippen molar-refractivity contribution in [2.24, 2.45) is 35.0 Å². The third kappa shape index (κ3) is 2.17. The van der Waals surface area contributed by atoms with E-state index in [1.165, 1.54) is 0 Å². The van der Waals surface area contributed by atoms with Crippen LogP contribution < -0.4 is 0 Å². The van der Waals surface area contributed by atoms with Crippen molar-refractivity contribution in [3.63, 3.8) is 0 Å². The molecule has 0 aromatic carbocycles. The molecule has 5 nitrogen and oxygen atoms in total. The van der Waals surface area contributed by atoms with Crippen molar-refractivity contribution in [2.75, 3.05) is 0 Å². The highest BCUT2D eigenvalue weighted by atomic mass is 28.4. The van der Waals surface area contributed by atoms with Crippen LogP contribution in [0.5, 0.6) is 0 Å². The highest BCUT2D eigenvalue weighted by Gasteiger charge is 2.82. The molecule has 0 aromatic heterocycles. The molecule has 6 heteroatoms. The summed E-state index contributed by atoms with van der Waals surface area (Å²) in [6, 6.07) is 0. The van der Waals surface area contributed by atoms with Crippen molar-refractivity contribution < 1.29 is 23.8 Å². The van der Waals surface area contributed by atoms with Crippen molar-refractivity contribution in [3.05, 3.63) is 12.2 Å². The topological polar surface area (TPSA) is 65.0 Å². The summed E-state index contributed by atoms with van der Waals surface area (Å²) in [7, 11) is -2.04. The Morgan fingerprint density at radius 1 is 1.23 bits per heavy atom. The first-order valence-corrected chi connectivity index (χ1v) is 15.2. The van der Waals surface area contributed by atoms with Gasteiger partial charge in [0.1, 0.15) is 17.3 Å². The van der Waals surface area contributed by atoms with E-state index >= 15 is 0 Å². The molecule has 31 heavy (non-hydrogen) atoms. The average molecular weight is 447 g/mol. The molecule has 6 fully saturated rings. The molecule has 7 rings (SSSR count). The molecule has 4 aliphatic heterocycles. The quantitative estimate of drug-likeness (QED) is 0.394. The van der Waals surface area contributed by atoms with Crippen LogP contribution in [0.25, 0.3) is 0 Å². The van der Waals surface area contributed by atoms with E-state index in [4.69, 9.17) is 13.9 Å². The lowest BCUT2D eigenvalue weighted by atomic mass is 9.46. The largest absolute Gasteiger partial charge is 0.459 e. The summed E-state index contributed by atoms with van der Waals surface area (Å²) in [6.07, 6.45) is 6.40. The third-order valence-corrected chi connectivity index (χ3v) is 15.5. The average Bonchev–Trinajstić information content (AvgIpc) is 3.14. The van der Waals surface area contributed by atoms with Crippen molar-refractivity contribution in [3.8, 4) is 0 Å². The van der Waals surface area contributed by atoms with E-state index in [1.54, 1.807) is 0 Å². The van der Waals surface area contributed by atoms with Crippen molar-refractivity contribution in [1.82, 2.24) is 0 Å². The minimum atomic E-state index is -2.04. The molecule has 0 unspecified atom stereocenters. The second-order valence-electron chi connectivity index (χ2n) is 13.1. The maximum Gasteiger partial charge on any atom is 0.313 e. The SMILES string of the molecule is C[C@@H]1[C@@H](O[Si](C)(C)C(C)(C)C)[C@@H]2OC(=O)[C@]13CC[C@H]1[C@H]4[C@@H]3[C@@H]2C[C@@]42O[C@@H]1C=C[C@@]2(C)O. The third-order valence-electron chi connectivity index (χ3n) is 11.0. The number of aliphatic hydroxyl groups is 1. The Balaban J connectivity index is 1.46. The lowest BCUT2D eigenvalue weighted by molar-refractivity contribution is -0.254. The van der Waals surface area contributed by atoms with Gasteiger partial charge >= 0.3 is 5.97 Å². The van der Waals surface area contributed by atoms with Gasteiger partial charge < -0.3 is 19.0 Å². The standard InChI is InChI=1S/C25H38O5Si/c1-13-19(30-31(6,7)22(2,3)4)20-15-12-25-18-14(16(29-25)9-10-23(25,5)27)8-11-24(13,17(15)18)21(26)28-20/h9-10,13-20,27H,8,11-12H2,1-7H3/t13-,14-,15+,16-,17+,18+,19-,20-,23-,24-,25-/m1/s1. The second kappa shape index (κ2) is 5.68. The summed E-state index contributed by atoms with van der Waals surface area (Å²) in [4.78, 5) is 13.5. The lowest BCUT2D eigenvalue weighted by Gasteiger charge is -2.63. The predicted octanol–water partition coefficient (Wildman–Crippen LogP) is 4.06. The van der Waals surface area contributed by atoms with Crippen LogP contribution in [0.15, 0.2) is 12.2 Å². The summed E-state index contributed by atoms with van der Waals surface area (Å²) in [5, 5.41) is 11.6. The zero-order chi connectivity index (χ0) is 22.4. The van der Waals surface area contributed by atoms with Gasteiger partial charge in [0.15, 0.2) is 8.32 Å². The lowest BCUT2D eigenvalue weighted by Crippen LogP contribution is -2.71. The van der Waals surface area contributed by atoms with Crippen molar-refractivity contribution in [1.29, 1.82) is 0 Å². The molecule has 7 aliphatic rings. The van der Waals surface area contributed by atoms with Crippen molar-refractivity contribution >= 4 is 14.3 Å². The van der Waals surface area contributed by atoms with Gasteiger partial charge in [0.25, 0.3) is 0 Å². The molecular weight excluding hydrogens is 408 g/mol. The molecule has 0 amide bonds. The molecular formula is C25H38O5Si. The van der Waals surface area contributed by atoms with Crippen molar-refractivity contribution in [2.45, 2.75) is 102 Å². The number of fused-ring (bicyclic) bond motifs is 4. The predicted molar refractivity (Wildman–Crippen MR) is 119 cm³/mol. The molecule has 11 atom stereocenters. The first kappa shape index (κ1) is 20.9. The second-order valence-corrected chi connectivity index (χ2v) is 17.9. The van der Waals surface area contributed by atoms with Crippen LogP contribution in [-0.4, -0.2) is 48.9 Å². The van der Waals surface area contributed by atoms with Crippen LogP contribution in [0, 0.1) is 35.0 Å². The normalized spacial score (nSPS) is 56.6. The first-order valence-electron chi connectivity index (χ1n) is 12.3. The maximum atomic E-state index is 13.5. The zero-order valence-corrected chi connectivity index (χ0v) is 21.0. The number of ether oxygens (including phenoxy) is 2. The molecule has 4 bridgehead atoms. The first-order chi connectivity index (χ1) is 14.3. The Labute approximate surface area is 187 Å². The molecule has 4 heterocycles. The number of hydrogen-bond acceptors (Lipinski definition) is 5. The number of carbonyl (C=O) groups excluding carboxylic acids is 1. The Morgan fingerprint density at radius 2 is 1.94 bits per heavy atom. The smallest absolute Gasteiger partial charge is 0.313 e. The summed E-state index contributed by atoms with van der Waals surface area (Å²) < 4.78 is 19.9. The van der Waals surface area contributed by atoms with E-state index in [1.807, 2.05) is 13.0 Å². The zero-order valence-electron chi connectivity index (χ0n) is 20.0. The van der Waals surface area contributed by atoms with Crippen LogP contribution in [0.1, 0.15) is 53.9 Å². The van der Waals surface area contributed by atoms with Crippen LogP contribution in [-0.2, 0) is 18.7 Å². The Morgan fingerprint density at radius 3 is 2.61 bits per heavy atom. The highest BCUT2D eigenvalue weighted by molar-refractivity contribution is 6.74. The summed E-state index contributed by atoms with van der Waals surface area (Å²) in [6.45, 7) is 15.5. The molecule has 3 saturated carbocycles. The summed E-state index contributed by atoms with van der Waals surface area (Å²) >= 11 is 0. The Kier molecular flexibility index (Phi) is 3.83. The fraction of sp³-hybridized carbons (Fsp3) is 0.880. The van der Waals surface area contributed by atoms with E-state index in [0.29, 0.717) is 5.92 Å². The number of hydrogen-bond donors (Lipinski definition) is 1. The minimum Gasteiger partial charge on any atom is -0.459 e. The maximum absolute atomic E-state index is 13.5. The van der Waals surface area contributed by atoms with Crippen LogP contribution in [0.4, 0.5) is 0 Å². The number of carbonyl (C=O) groups is 1. The van der Waals surface area contributed by atoms with Crippen LogP contribution >= 0.6 is 0 Å². The van der Waals surface area contributed by atoms with E-state index in [-0.39, 0.29) is 53.0 Å². The highest BCUT2D eigenvalue weighted by Crippen LogP contribution is 2.75. The van der Waals surface area contributed by atoms with E-state index in [2.05, 4.69) is 46.9 Å². The fourth-order valence-corrected chi connectivity index (χ4v) is 9.87. The van der Waals surface area contributed by atoms with Gasteiger partial charge in [-0.1, -0.05) is 39.8 Å². The number of esters is 1. The van der Waals surface area contributed by atoms with Gasteiger partial charge in [-0.15, -0.1) is 0 Å². The van der Waals surface area contributed by atoms with E-state index in [9.17, 15) is 9.90 Å². The summed E-state index contributed by atoms with van der Waals surface area (Å²) in [5.41, 5.74) is -2.12. The fourth-order valence-electron chi connectivity index (χ4n) is 8.50. The van der Waals surface area contributed by atoms with Gasteiger partial charge in [0.2, 0.25) is 0 Å².